The summed E-state index contributed by atoms with van der Waals surface area (Å²) in [6, 6.07) is 25.2. The highest BCUT2D eigenvalue weighted by Gasteiger charge is 2.21. The molecule has 4 aromatic rings. The van der Waals surface area contributed by atoms with Gasteiger partial charge in [-0.15, -0.1) is 12.4 Å². The Balaban J connectivity index is 0.00000320. The molecule has 6 nitrogen and oxygen atoms in total. The zero-order valence-corrected chi connectivity index (χ0v) is 22.8. The highest BCUT2D eigenvalue weighted by Crippen LogP contribution is 2.28. The van der Waals surface area contributed by atoms with E-state index in [1.165, 1.54) is 9.54 Å². The lowest BCUT2D eigenvalue weighted by molar-refractivity contribution is 0.250. The van der Waals surface area contributed by atoms with Crippen molar-refractivity contribution in [3.63, 3.8) is 0 Å². The van der Waals surface area contributed by atoms with E-state index in [1.54, 1.807) is 30.5 Å². The molecule has 0 N–H and O–H groups in total. The van der Waals surface area contributed by atoms with Crippen molar-refractivity contribution in [1.82, 2.24) is 8.87 Å². The van der Waals surface area contributed by atoms with Gasteiger partial charge in [0.25, 0.3) is 10.0 Å². The fourth-order valence-corrected chi connectivity index (χ4v) is 6.03. The fraction of sp³-hybridized carbons (Fsp3) is 0.310. The van der Waals surface area contributed by atoms with Crippen LogP contribution >= 0.6 is 12.4 Å². The van der Waals surface area contributed by atoms with Gasteiger partial charge < -0.3 is 9.64 Å². The average molecular weight is 540 g/mol. The highest BCUT2D eigenvalue weighted by molar-refractivity contribution is 7.90. The third-order valence-corrected chi connectivity index (χ3v) is 8.48. The van der Waals surface area contributed by atoms with Gasteiger partial charge in [-0.2, -0.15) is 0 Å². The molecular formula is C29H34ClN3O3S. The Kier molecular flexibility index (Phi) is 8.79. The Bertz CT molecular complexity index is 1400. The predicted molar refractivity (Wildman–Crippen MR) is 153 cm³/mol. The predicted octanol–water partition coefficient (Wildman–Crippen LogP) is 5.80. The molecule has 5 rings (SSSR count). The third-order valence-electron chi connectivity index (χ3n) is 6.77. The van der Waals surface area contributed by atoms with Crippen molar-refractivity contribution < 1.29 is 13.2 Å². The van der Waals surface area contributed by atoms with E-state index >= 15 is 0 Å². The number of hydrogen-bond acceptors (Lipinski definition) is 5. The van der Waals surface area contributed by atoms with Gasteiger partial charge in [0.1, 0.15) is 5.75 Å². The van der Waals surface area contributed by atoms with E-state index in [9.17, 15) is 8.42 Å². The van der Waals surface area contributed by atoms with Crippen molar-refractivity contribution in [3.8, 4) is 5.75 Å². The number of ether oxygens (including phenoxy) is 1. The van der Waals surface area contributed by atoms with Crippen LogP contribution in [0.25, 0.3) is 10.9 Å². The molecule has 0 bridgehead atoms. The molecule has 37 heavy (non-hydrogen) atoms. The molecule has 1 aliphatic rings. The molecule has 0 spiro atoms. The lowest BCUT2D eigenvalue weighted by atomic mass is 10.1. The first-order chi connectivity index (χ1) is 17.5. The lowest BCUT2D eigenvalue weighted by Crippen LogP contribution is -2.45. The Morgan fingerprint density at radius 2 is 1.59 bits per heavy atom. The number of piperazine rings is 1. The van der Waals surface area contributed by atoms with Crippen LogP contribution in [0.5, 0.6) is 5.75 Å². The van der Waals surface area contributed by atoms with Crippen LogP contribution in [0.1, 0.15) is 25.3 Å². The van der Waals surface area contributed by atoms with Crippen LogP contribution in [0, 0.1) is 0 Å². The van der Waals surface area contributed by atoms with Crippen molar-refractivity contribution >= 4 is 39.0 Å². The number of halogens is 1. The minimum absolute atomic E-state index is 0. The van der Waals surface area contributed by atoms with Crippen molar-refractivity contribution in [1.29, 1.82) is 0 Å². The second kappa shape index (κ2) is 12.0. The van der Waals surface area contributed by atoms with Gasteiger partial charge in [0.05, 0.1) is 17.0 Å². The summed E-state index contributed by atoms with van der Waals surface area (Å²) in [4.78, 5) is 5.11. The number of rotatable bonds is 9. The fourth-order valence-electron chi connectivity index (χ4n) is 4.67. The molecule has 2 heterocycles. The van der Waals surface area contributed by atoms with Gasteiger partial charge in [-0.3, -0.25) is 4.90 Å². The number of aromatic nitrogens is 1. The topological polar surface area (TPSA) is 54.8 Å². The van der Waals surface area contributed by atoms with Crippen molar-refractivity contribution in [2.75, 3.05) is 37.7 Å². The maximum atomic E-state index is 13.4. The number of benzene rings is 3. The summed E-state index contributed by atoms with van der Waals surface area (Å²) in [5.74, 6) is 0.688. The monoisotopic (exact) mass is 539 g/mol. The largest absolute Gasteiger partial charge is 0.494 e. The number of anilines is 1. The maximum Gasteiger partial charge on any atom is 0.268 e. The van der Waals surface area contributed by atoms with Crippen LogP contribution in [0.2, 0.25) is 0 Å². The molecular weight excluding hydrogens is 506 g/mol. The molecule has 0 saturated carbocycles. The number of nitrogens with zero attached hydrogens (tertiary/aromatic N) is 3. The van der Waals surface area contributed by atoms with Crippen LogP contribution in [0.3, 0.4) is 0 Å². The molecule has 0 atom stereocenters. The van der Waals surface area contributed by atoms with Gasteiger partial charge in [0.15, 0.2) is 0 Å². The molecule has 8 heteroatoms. The van der Waals surface area contributed by atoms with Crippen LogP contribution in [-0.4, -0.2) is 50.1 Å². The summed E-state index contributed by atoms with van der Waals surface area (Å²) in [5, 5.41) is 0.919. The minimum Gasteiger partial charge on any atom is -0.494 e. The quantitative estimate of drug-likeness (QED) is 0.252. The standard InChI is InChI=1S/C29H33N3O3S.ClH/c1-2-3-21-35-27-10-12-28(13-11-27)36(33,34)32-16-15-25-22-26(9-14-29(25)32)31-19-17-30(18-20-31)23-24-7-5-4-6-8-24;/h4-16,22H,2-3,17-21,23H2,1H3;1H. The molecule has 0 amide bonds. The zero-order valence-electron chi connectivity index (χ0n) is 21.1. The van der Waals surface area contributed by atoms with Crippen molar-refractivity contribution in [2.45, 2.75) is 31.2 Å². The summed E-state index contributed by atoms with van der Waals surface area (Å²) in [7, 11) is -3.70. The Morgan fingerprint density at radius 3 is 2.30 bits per heavy atom. The van der Waals surface area contributed by atoms with Crippen molar-refractivity contribution in [2.24, 2.45) is 0 Å². The average Bonchev–Trinajstić information content (AvgIpc) is 3.35. The number of fused-ring (bicyclic) bond motifs is 1. The van der Waals surface area contributed by atoms with E-state index in [1.807, 2.05) is 18.2 Å². The zero-order chi connectivity index (χ0) is 25.0. The van der Waals surface area contributed by atoms with Crippen LogP contribution in [0.4, 0.5) is 5.69 Å². The van der Waals surface area contributed by atoms with Crippen molar-refractivity contribution in [3.05, 3.63) is 90.6 Å². The summed E-state index contributed by atoms with van der Waals surface area (Å²) >= 11 is 0. The van der Waals surface area contributed by atoms with Crippen LogP contribution < -0.4 is 9.64 Å². The van der Waals surface area contributed by atoms with Gasteiger partial charge in [-0.05, 0) is 60.5 Å². The first-order valence-corrected chi connectivity index (χ1v) is 14.1. The second-order valence-corrected chi connectivity index (χ2v) is 11.1. The van der Waals surface area contributed by atoms with E-state index in [0.29, 0.717) is 17.9 Å². The van der Waals surface area contributed by atoms with E-state index in [2.05, 4.69) is 53.1 Å². The molecule has 1 saturated heterocycles. The Hall–Kier alpha value is -3.00. The summed E-state index contributed by atoms with van der Waals surface area (Å²) < 4.78 is 33.8. The summed E-state index contributed by atoms with van der Waals surface area (Å²) in [5.41, 5.74) is 3.16. The SMILES string of the molecule is CCCCOc1ccc(S(=O)(=O)n2ccc3cc(N4CCN(Cc5ccccc5)CC4)ccc32)cc1.Cl. The van der Waals surface area contributed by atoms with Gasteiger partial charge >= 0.3 is 0 Å². The normalized spacial score (nSPS) is 14.5. The molecule has 3 aromatic carbocycles. The molecule has 1 aliphatic heterocycles. The van der Waals surface area contributed by atoms with Gasteiger partial charge in [0.2, 0.25) is 0 Å². The lowest BCUT2D eigenvalue weighted by Gasteiger charge is -2.36. The van der Waals surface area contributed by atoms with Gasteiger partial charge in [0, 0.05) is 50.0 Å². The molecule has 196 valence electrons. The van der Waals surface area contributed by atoms with E-state index in [4.69, 9.17) is 4.74 Å². The van der Waals surface area contributed by atoms with Gasteiger partial charge in [-0.1, -0.05) is 43.7 Å². The Labute approximate surface area is 225 Å². The molecule has 1 aromatic heterocycles. The third kappa shape index (κ3) is 6.12. The highest BCUT2D eigenvalue weighted by atomic mass is 35.5. The number of unbranched alkanes of at least 4 members (excludes halogenated alkanes) is 1. The molecule has 0 unspecified atom stereocenters. The van der Waals surface area contributed by atoms with Gasteiger partial charge in [-0.25, -0.2) is 12.4 Å². The maximum absolute atomic E-state index is 13.4. The Morgan fingerprint density at radius 1 is 0.865 bits per heavy atom. The van der Waals surface area contributed by atoms with E-state index in [0.717, 1.165) is 56.6 Å². The molecule has 0 aliphatic carbocycles. The van der Waals surface area contributed by atoms with E-state index in [-0.39, 0.29) is 17.3 Å². The molecule has 1 fully saturated rings. The number of hydrogen-bond donors (Lipinski definition) is 0. The summed E-state index contributed by atoms with van der Waals surface area (Å²) in [6.45, 7) is 7.61. The minimum atomic E-state index is -3.70. The summed E-state index contributed by atoms with van der Waals surface area (Å²) in [6.07, 6.45) is 3.67. The first-order valence-electron chi connectivity index (χ1n) is 12.7. The van der Waals surface area contributed by atoms with E-state index < -0.39 is 10.0 Å². The van der Waals surface area contributed by atoms with Crippen LogP contribution in [0.15, 0.2) is 90.0 Å². The first kappa shape index (κ1) is 27.0. The van der Waals surface area contributed by atoms with Crippen LogP contribution in [-0.2, 0) is 16.6 Å². The smallest absolute Gasteiger partial charge is 0.268 e. The second-order valence-electron chi connectivity index (χ2n) is 9.28. The molecule has 0 radical (unpaired) electrons.